The number of aliphatic carboxylic acids is 1. The van der Waals surface area contributed by atoms with Gasteiger partial charge in [0.05, 0.1) is 0 Å². The summed E-state index contributed by atoms with van der Waals surface area (Å²) in [6, 6.07) is 6.49. The molecule has 0 bridgehead atoms. The van der Waals surface area contributed by atoms with Gasteiger partial charge in [-0.3, -0.25) is 4.79 Å². The Morgan fingerprint density at radius 2 is 1.88 bits per heavy atom. The van der Waals surface area contributed by atoms with Crippen LogP contribution in [0.25, 0.3) is 0 Å². The first kappa shape index (κ1) is 11.1. The van der Waals surface area contributed by atoms with Gasteiger partial charge in [-0.05, 0) is 61.8 Å². The lowest BCUT2D eigenvalue weighted by atomic mass is 9.92. The molecule has 0 amide bonds. The Morgan fingerprint density at radius 3 is 2.53 bits per heavy atom. The third kappa shape index (κ3) is 2.08. The van der Waals surface area contributed by atoms with Crippen molar-refractivity contribution in [3.05, 3.63) is 29.3 Å². The fourth-order valence-corrected chi connectivity index (χ4v) is 3.65. The van der Waals surface area contributed by atoms with Crippen LogP contribution in [0.15, 0.2) is 23.1 Å². The molecule has 1 aromatic rings. The second-order valence-electron chi connectivity index (χ2n) is 5.04. The Bertz CT molecular complexity index is 463. The van der Waals surface area contributed by atoms with E-state index in [1.54, 1.807) is 0 Å². The fraction of sp³-hybridized carbons (Fsp3) is 0.500. The van der Waals surface area contributed by atoms with Gasteiger partial charge in [0.2, 0.25) is 0 Å². The van der Waals surface area contributed by atoms with Crippen LogP contribution in [-0.2, 0) is 17.6 Å². The summed E-state index contributed by atoms with van der Waals surface area (Å²) in [4.78, 5) is 12.3. The third-order valence-electron chi connectivity index (χ3n) is 3.73. The van der Waals surface area contributed by atoms with Crippen molar-refractivity contribution < 1.29 is 9.90 Å². The molecule has 90 valence electrons. The standard InChI is InChI=1S/C14H16O2S/c15-13(16)14(7-8-14)17-12-6-5-10-3-1-2-4-11(10)9-12/h5-6,9H,1-4,7-8H2,(H,15,16). The first-order valence-corrected chi connectivity index (χ1v) is 7.05. The molecule has 3 heteroatoms. The van der Waals surface area contributed by atoms with Gasteiger partial charge in [0.1, 0.15) is 4.75 Å². The zero-order valence-electron chi connectivity index (χ0n) is 9.74. The molecule has 0 unspecified atom stereocenters. The van der Waals surface area contributed by atoms with Crippen LogP contribution in [0.5, 0.6) is 0 Å². The molecule has 1 N–H and O–H groups in total. The quantitative estimate of drug-likeness (QED) is 0.892. The van der Waals surface area contributed by atoms with E-state index < -0.39 is 10.7 Å². The van der Waals surface area contributed by atoms with E-state index >= 15 is 0 Å². The van der Waals surface area contributed by atoms with Crippen LogP contribution >= 0.6 is 11.8 Å². The highest BCUT2D eigenvalue weighted by Gasteiger charge is 2.51. The predicted octanol–water partition coefficient (Wildman–Crippen LogP) is 3.27. The van der Waals surface area contributed by atoms with Crippen molar-refractivity contribution in [1.29, 1.82) is 0 Å². The molecule has 1 aromatic carbocycles. The number of rotatable bonds is 3. The third-order valence-corrected chi connectivity index (χ3v) is 5.19. The summed E-state index contributed by atoms with van der Waals surface area (Å²) in [5, 5.41) is 9.18. The zero-order chi connectivity index (χ0) is 11.9. The Labute approximate surface area is 105 Å². The number of aryl methyl sites for hydroxylation is 2. The van der Waals surface area contributed by atoms with Crippen LogP contribution in [0.4, 0.5) is 0 Å². The van der Waals surface area contributed by atoms with Crippen LogP contribution in [0.1, 0.15) is 36.8 Å². The Hall–Kier alpha value is -0.960. The molecule has 0 aliphatic heterocycles. The highest BCUT2D eigenvalue weighted by molar-refractivity contribution is 8.01. The van der Waals surface area contributed by atoms with Crippen LogP contribution in [0.2, 0.25) is 0 Å². The maximum atomic E-state index is 11.2. The number of carboxylic acids is 1. The molecule has 2 aliphatic carbocycles. The lowest BCUT2D eigenvalue weighted by molar-refractivity contribution is -0.137. The van der Waals surface area contributed by atoms with E-state index in [0.29, 0.717) is 0 Å². The van der Waals surface area contributed by atoms with Gasteiger partial charge >= 0.3 is 5.97 Å². The van der Waals surface area contributed by atoms with Crippen LogP contribution in [-0.4, -0.2) is 15.8 Å². The van der Waals surface area contributed by atoms with Crippen molar-refractivity contribution in [2.75, 3.05) is 0 Å². The molecular weight excluding hydrogens is 232 g/mol. The molecule has 0 atom stereocenters. The molecule has 2 aliphatic rings. The minimum Gasteiger partial charge on any atom is -0.480 e. The average molecular weight is 248 g/mol. The number of hydrogen-bond donors (Lipinski definition) is 1. The maximum absolute atomic E-state index is 11.2. The Morgan fingerprint density at radius 1 is 1.18 bits per heavy atom. The molecule has 0 heterocycles. The van der Waals surface area contributed by atoms with Crippen LogP contribution < -0.4 is 0 Å². The second kappa shape index (κ2) is 4.05. The molecular formula is C14H16O2S. The summed E-state index contributed by atoms with van der Waals surface area (Å²) >= 11 is 1.54. The van der Waals surface area contributed by atoms with E-state index in [-0.39, 0.29) is 0 Å². The van der Waals surface area contributed by atoms with Crippen molar-refractivity contribution in [2.45, 2.75) is 48.2 Å². The van der Waals surface area contributed by atoms with Gasteiger partial charge in [-0.25, -0.2) is 0 Å². The van der Waals surface area contributed by atoms with E-state index in [9.17, 15) is 9.90 Å². The van der Waals surface area contributed by atoms with E-state index in [0.717, 1.165) is 24.2 Å². The average Bonchev–Trinajstić information content (AvgIpc) is 3.10. The minimum atomic E-state index is -0.653. The van der Waals surface area contributed by atoms with Gasteiger partial charge in [0.15, 0.2) is 0 Å². The van der Waals surface area contributed by atoms with Gasteiger partial charge in [-0.2, -0.15) is 0 Å². The summed E-state index contributed by atoms with van der Waals surface area (Å²) < 4.78 is -0.511. The van der Waals surface area contributed by atoms with E-state index in [2.05, 4.69) is 18.2 Å². The first-order chi connectivity index (χ1) is 8.20. The molecule has 17 heavy (non-hydrogen) atoms. The first-order valence-electron chi connectivity index (χ1n) is 6.24. The largest absolute Gasteiger partial charge is 0.480 e. The predicted molar refractivity (Wildman–Crippen MR) is 68.5 cm³/mol. The number of hydrogen-bond acceptors (Lipinski definition) is 2. The molecule has 1 saturated carbocycles. The topological polar surface area (TPSA) is 37.3 Å². The molecule has 0 saturated heterocycles. The van der Waals surface area contributed by atoms with E-state index in [1.165, 1.54) is 42.2 Å². The lowest BCUT2D eigenvalue weighted by Gasteiger charge is -2.17. The lowest BCUT2D eigenvalue weighted by Crippen LogP contribution is -2.17. The van der Waals surface area contributed by atoms with Crippen molar-refractivity contribution in [3.8, 4) is 0 Å². The molecule has 2 nitrogen and oxygen atoms in total. The number of carboxylic acid groups (broad SMARTS) is 1. The van der Waals surface area contributed by atoms with Gasteiger partial charge < -0.3 is 5.11 Å². The zero-order valence-corrected chi connectivity index (χ0v) is 10.6. The summed E-state index contributed by atoms with van der Waals surface area (Å²) in [7, 11) is 0. The van der Waals surface area contributed by atoms with Gasteiger partial charge in [-0.1, -0.05) is 6.07 Å². The van der Waals surface area contributed by atoms with Crippen molar-refractivity contribution in [1.82, 2.24) is 0 Å². The van der Waals surface area contributed by atoms with Gasteiger partial charge in [0, 0.05) is 4.90 Å². The highest BCUT2D eigenvalue weighted by atomic mass is 32.2. The summed E-state index contributed by atoms with van der Waals surface area (Å²) in [5.74, 6) is -0.653. The molecule has 3 rings (SSSR count). The molecule has 1 fully saturated rings. The van der Waals surface area contributed by atoms with Gasteiger partial charge in [0.25, 0.3) is 0 Å². The van der Waals surface area contributed by atoms with E-state index in [4.69, 9.17) is 0 Å². The summed E-state index contributed by atoms with van der Waals surface area (Å²) in [6.07, 6.45) is 6.52. The maximum Gasteiger partial charge on any atom is 0.320 e. The van der Waals surface area contributed by atoms with E-state index in [1.807, 2.05) is 0 Å². The van der Waals surface area contributed by atoms with Crippen molar-refractivity contribution >= 4 is 17.7 Å². The molecule has 0 radical (unpaired) electrons. The van der Waals surface area contributed by atoms with Crippen molar-refractivity contribution in [3.63, 3.8) is 0 Å². The number of fused-ring (bicyclic) bond motifs is 1. The number of benzene rings is 1. The summed E-state index contributed by atoms with van der Waals surface area (Å²) in [5.41, 5.74) is 2.89. The molecule has 0 aromatic heterocycles. The smallest absolute Gasteiger partial charge is 0.320 e. The Kier molecular flexibility index (Phi) is 2.66. The normalized spacial score (nSPS) is 20.7. The number of carbonyl (C=O) groups is 1. The summed E-state index contributed by atoms with van der Waals surface area (Å²) in [6.45, 7) is 0. The monoisotopic (exact) mass is 248 g/mol. The minimum absolute atomic E-state index is 0.511. The SMILES string of the molecule is O=C(O)C1(Sc2ccc3c(c2)CCCC3)CC1. The second-order valence-corrected chi connectivity index (χ2v) is 6.50. The van der Waals surface area contributed by atoms with Crippen molar-refractivity contribution in [2.24, 2.45) is 0 Å². The Balaban J connectivity index is 1.82. The molecule has 0 spiro atoms. The van der Waals surface area contributed by atoms with Crippen LogP contribution in [0, 0.1) is 0 Å². The highest BCUT2D eigenvalue weighted by Crippen LogP contribution is 2.52. The number of thioether (sulfide) groups is 1. The fourth-order valence-electron chi connectivity index (χ4n) is 2.47. The van der Waals surface area contributed by atoms with Gasteiger partial charge in [-0.15, -0.1) is 11.8 Å². The van der Waals surface area contributed by atoms with Crippen LogP contribution in [0.3, 0.4) is 0 Å².